The Morgan fingerprint density at radius 1 is 1.00 bits per heavy atom. The van der Waals surface area contributed by atoms with E-state index >= 15 is 0 Å². The first-order valence-electron chi connectivity index (χ1n) is 8.11. The van der Waals surface area contributed by atoms with Gasteiger partial charge in [0.25, 0.3) is 0 Å². The molecule has 2 heteroatoms. The quantitative estimate of drug-likeness (QED) is 0.746. The first kappa shape index (κ1) is 15.1. The third-order valence-electron chi connectivity index (χ3n) is 4.92. The molecule has 1 aliphatic carbocycles. The summed E-state index contributed by atoms with van der Waals surface area (Å²) in [5.74, 6) is 0.760. The van der Waals surface area contributed by atoms with Gasteiger partial charge in [-0.25, -0.2) is 4.39 Å². The fraction of sp³-hybridized carbons (Fsp3) is 0.400. The lowest BCUT2D eigenvalue weighted by molar-refractivity contribution is 0.289. The lowest BCUT2D eigenvalue weighted by Crippen LogP contribution is -2.31. The van der Waals surface area contributed by atoms with E-state index in [4.69, 9.17) is 4.74 Å². The Hall–Kier alpha value is -1.83. The van der Waals surface area contributed by atoms with Crippen LogP contribution in [0.3, 0.4) is 0 Å². The molecule has 0 aliphatic heterocycles. The number of benzene rings is 2. The van der Waals surface area contributed by atoms with Gasteiger partial charge in [-0.3, -0.25) is 0 Å². The molecule has 116 valence electrons. The van der Waals surface area contributed by atoms with Crippen molar-refractivity contribution < 1.29 is 9.13 Å². The summed E-state index contributed by atoms with van der Waals surface area (Å²) in [6.45, 7) is 0. The normalized spacial score (nSPS) is 17.2. The van der Waals surface area contributed by atoms with Gasteiger partial charge >= 0.3 is 0 Å². The Bertz CT molecular complexity index is 629. The molecule has 0 radical (unpaired) electrons. The molecule has 2 aromatic rings. The summed E-state index contributed by atoms with van der Waals surface area (Å²) >= 11 is 0. The van der Waals surface area contributed by atoms with Crippen LogP contribution in [0.4, 0.5) is 4.39 Å². The lowest BCUT2D eigenvalue weighted by atomic mass is 9.66. The van der Waals surface area contributed by atoms with E-state index in [1.807, 2.05) is 18.2 Å². The molecule has 1 fully saturated rings. The van der Waals surface area contributed by atoms with Crippen LogP contribution in [0.2, 0.25) is 0 Å². The van der Waals surface area contributed by atoms with Crippen LogP contribution in [0.15, 0.2) is 48.5 Å². The molecule has 2 aromatic carbocycles. The summed E-state index contributed by atoms with van der Waals surface area (Å²) in [7, 11) is 1.70. The molecule has 0 atom stereocenters. The smallest absolute Gasteiger partial charge is 0.123 e. The van der Waals surface area contributed by atoms with Gasteiger partial charge < -0.3 is 4.74 Å². The van der Waals surface area contributed by atoms with Gasteiger partial charge in [0.15, 0.2) is 0 Å². The first-order chi connectivity index (χ1) is 10.7. The van der Waals surface area contributed by atoms with Gasteiger partial charge in [0, 0.05) is 0 Å². The molecule has 0 saturated heterocycles. The van der Waals surface area contributed by atoms with Gasteiger partial charge in [0.2, 0.25) is 0 Å². The highest BCUT2D eigenvalue weighted by atomic mass is 19.1. The van der Waals surface area contributed by atoms with E-state index < -0.39 is 0 Å². The maximum atomic E-state index is 13.7. The molecule has 1 saturated carbocycles. The minimum absolute atomic E-state index is 0.0622. The summed E-state index contributed by atoms with van der Waals surface area (Å²) < 4.78 is 19.1. The van der Waals surface area contributed by atoms with E-state index in [0.29, 0.717) is 0 Å². The fourth-order valence-electron chi connectivity index (χ4n) is 3.79. The van der Waals surface area contributed by atoms with E-state index in [1.165, 1.54) is 30.9 Å². The molecular formula is C20H23FO. The van der Waals surface area contributed by atoms with E-state index in [1.54, 1.807) is 13.2 Å². The van der Waals surface area contributed by atoms with Crippen molar-refractivity contribution >= 4 is 0 Å². The highest BCUT2D eigenvalue weighted by molar-refractivity contribution is 5.34. The predicted octanol–water partition coefficient (Wildman–Crippen LogP) is 5.28. The molecule has 0 amide bonds. The van der Waals surface area contributed by atoms with Crippen LogP contribution < -0.4 is 4.74 Å². The SMILES string of the molecule is COc1cccc(CC2(c3cccc(F)c3)CCCCC2)c1. The largest absolute Gasteiger partial charge is 0.497 e. The van der Waals surface area contributed by atoms with Crippen molar-refractivity contribution in [3.63, 3.8) is 0 Å². The molecule has 0 bridgehead atoms. The molecule has 3 rings (SSSR count). The van der Waals surface area contributed by atoms with Crippen molar-refractivity contribution in [3.05, 3.63) is 65.5 Å². The summed E-state index contributed by atoms with van der Waals surface area (Å²) in [4.78, 5) is 0. The van der Waals surface area contributed by atoms with Gasteiger partial charge in [-0.1, -0.05) is 43.5 Å². The van der Waals surface area contributed by atoms with E-state index in [-0.39, 0.29) is 11.2 Å². The van der Waals surface area contributed by atoms with Crippen molar-refractivity contribution in [1.29, 1.82) is 0 Å². The molecule has 0 unspecified atom stereocenters. The molecule has 0 spiro atoms. The lowest BCUT2D eigenvalue weighted by Gasteiger charge is -2.38. The van der Waals surface area contributed by atoms with Gasteiger partial charge in [-0.2, -0.15) is 0 Å². The monoisotopic (exact) mass is 298 g/mol. The van der Waals surface area contributed by atoms with Gasteiger partial charge in [-0.05, 0) is 60.1 Å². The van der Waals surface area contributed by atoms with Crippen LogP contribution in [-0.4, -0.2) is 7.11 Å². The predicted molar refractivity (Wildman–Crippen MR) is 87.9 cm³/mol. The van der Waals surface area contributed by atoms with Crippen molar-refractivity contribution in [2.75, 3.05) is 7.11 Å². The zero-order valence-corrected chi connectivity index (χ0v) is 13.1. The summed E-state index contributed by atoms with van der Waals surface area (Å²) in [5, 5.41) is 0. The zero-order valence-electron chi connectivity index (χ0n) is 13.1. The standard InChI is InChI=1S/C20H23FO/c1-22-19-10-5-7-16(13-19)15-20(11-3-2-4-12-20)17-8-6-9-18(21)14-17/h5-10,13-14H,2-4,11-12,15H2,1H3. The number of ether oxygens (including phenoxy) is 1. The fourth-order valence-corrected chi connectivity index (χ4v) is 3.79. The van der Waals surface area contributed by atoms with E-state index in [0.717, 1.165) is 30.6 Å². The molecule has 1 aliphatic rings. The topological polar surface area (TPSA) is 9.23 Å². The molecule has 1 nitrogen and oxygen atoms in total. The summed E-state index contributed by atoms with van der Waals surface area (Å²) in [6.07, 6.45) is 6.95. The number of hydrogen-bond donors (Lipinski definition) is 0. The second kappa shape index (κ2) is 6.51. The minimum Gasteiger partial charge on any atom is -0.497 e. The van der Waals surface area contributed by atoms with E-state index in [9.17, 15) is 4.39 Å². The van der Waals surface area contributed by atoms with Crippen LogP contribution in [-0.2, 0) is 11.8 Å². The van der Waals surface area contributed by atoms with Crippen LogP contribution >= 0.6 is 0 Å². The van der Waals surface area contributed by atoms with Crippen LogP contribution in [0.5, 0.6) is 5.75 Å². The number of halogens is 1. The number of methoxy groups -OCH3 is 1. The summed E-state index contributed by atoms with van der Waals surface area (Å²) in [6, 6.07) is 15.5. The maximum Gasteiger partial charge on any atom is 0.123 e. The Kier molecular flexibility index (Phi) is 4.47. The molecule has 0 aromatic heterocycles. The van der Waals surface area contributed by atoms with Crippen molar-refractivity contribution in [1.82, 2.24) is 0 Å². The van der Waals surface area contributed by atoms with Gasteiger partial charge in [0.1, 0.15) is 11.6 Å². The number of hydrogen-bond acceptors (Lipinski definition) is 1. The first-order valence-corrected chi connectivity index (χ1v) is 8.11. The molecular weight excluding hydrogens is 275 g/mol. The second-order valence-electron chi connectivity index (χ2n) is 6.38. The molecule has 22 heavy (non-hydrogen) atoms. The highest BCUT2D eigenvalue weighted by Gasteiger charge is 2.34. The Morgan fingerprint density at radius 3 is 2.50 bits per heavy atom. The third-order valence-corrected chi connectivity index (χ3v) is 4.92. The Labute approximate surface area is 132 Å². The second-order valence-corrected chi connectivity index (χ2v) is 6.38. The van der Waals surface area contributed by atoms with Crippen LogP contribution in [0, 0.1) is 5.82 Å². The minimum atomic E-state index is -0.131. The Morgan fingerprint density at radius 2 is 1.77 bits per heavy atom. The van der Waals surface area contributed by atoms with Crippen LogP contribution in [0.25, 0.3) is 0 Å². The summed E-state index contributed by atoms with van der Waals surface area (Å²) in [5.41, 5.74) is 2.48. The average Bonchev–Trinajstić information content (AvgIpc) is 2.56. The highest BCUT2D eigenvalue weighted by Crippen LogP contribution is 2.42. The van der Waals surface area contributed by atoms with Gasteiger partial charge in [-0.15, -0.1) is 0 Å². The van der Waals surface area contributed by atoms with Crippen molar-refractivity contribution in [2.24, 2.45) is 0 Å². The number of rotatable bonds is 4. The third kappa shape index (κ3) is 3.16. The molecule has 0 heterocycles. The Balaban J connectivity index is 1.95. The van der Waals surface area contributed by atoms with Crippen molar-refractivity contribution in [3.8, 4) is 5.75 Å². The van der Waals surface area contributed by atoms with Crippen LogP contribution in [0.1, 0.15) is 43.2 Å². The van der Waals surface area contributed by atoms with E-state index in [2.05, 4.69) is 18.2 Å². The van der Waals surface area contributed by atoms with Gasteiger partial charge in [0.05, 0.1) is 7.11 Å². The zero-order chi connectivity index (χ0) is 15.4. The average molecular weight is 298 g/mol. The van der Waals surface area contributed by atoms with Crippen molar-refractivity contribution in [2.45, 2.75) is 43.9 Å². The maximum absolute atomic E-state index is 13.7. The molecule has 0 N–H and O–H groups in total.